The topological polar surface area (TPSA) is 29.5 Å². The van der Waals surface area contributed by atoms with Gasteiger partial charge in [0.25, 0.3) is 0 Å². The molecule has 3 heteroatoms. The minimum absolute atomic E-state index is 0.334. The number of rotatable bonds is 4. The van der Waals surface area contributed by atoms with Crippen LogP contribution in [-0.2, 0) is 4.74 Å². The van der Waals surface area contributed by atoms with Gasteiger partial charge in [0.05, 0.1) is 6.10 Å². The van der Waals surface area contributed by atoms with Gasteiger partial charge in [0, 0.05) is 7.11 Å². The highest BCUT2D eigenvalue weighted by molar-refractivity contribution is 6.83. The number of hydrogen-bond donors (Lipinski definition) is 1. The Morgan fingerprint density at radius 1 is 1.27 bits per heavy atom. The molecule has 0 rings (SSSR count). The third-order valence-corrected chi connectivity index (χ3v) is 2.80. The Balaban J connectivity index is 4.41. The lowest BCUT2D eigenvalue weighted by atomic mass is 10.0. The predicted octanol–water partition coefficient (Wildman–Crippen LogP) is 2.29. The van der Waals surface area contributed by atoms with Crippen molar-refractivity contribution in [2.24, 2.45) is 5.92 Å². The van der Waals surface area contributed by atoms with Gasteiger partial charge in [-0.15, -0.1) is 5.54 Å². The second-order valence-corrected chi connectivity index (χ2v) is 10.1. The molecule has 88 valence electrons. The molecule has 0 saturated heterocycles. The average molecular weight is 228 g/mol. The van der Waals surface area contributed by atoms with Crippen LogP contribution >= 0.6 is 0 Å². The molecule has 0 aromatic carbocycles. The lowest BCUT2D eigenvalue weighted by Gasteiger charge is -2.18. The monoisotopic (exact) mass is 228 g/mol. The molecule has 0 aromatic rings. The molecular formula is C12H24O2Si. The van der Waals surface area contributed by atoms with Crippen molar-refractivity contribution in [3.63, 3.8) is 0 Å². The summed E-state index contributed by atoms with van der Waals surface area (Å²) in [5, 5.41) is 9.86. The fraction of sp³-hybridized carbons (Fsp3) is 0.833. The minimum atomic E-state index is -1.37. The predicted molar refractivity (Wildman–Crippen MR) is 67.4 cm³/mol. The van der Waals surface area contributed by atoms with Crippen molar-refractivity contribution < 1.29 is 9.84 Å². The van der Waals surface area contributed by atoms with Gasteiger partial charge in [0.15, 0.2) is 0 Å². The second kappa shape index (κ2) is 6.32. The van der Waals surface area contributed by atoms with Crippen LogP contribution in [0, 0.1) is 17.4 Å². The van der Waals surface area contributed by atoms with E-state index < -0.39 is 14.2 Å². The molecule has 0 amide bonds. The normalized spacial score (nSPS) is 15.7. The van der Waals surface area contributed by atoms with Gasteiger partial charge in [-0.05, 0) is 12.3 Å². The van der Waals surface area contributed by atoms with Gasteiger partial charge >= 0.3 is 0 Å². The molecule has 0 aromatic heterocycles. The van der Waals surface area contributed by atoms with E-state index in [1.165, 1.54) is 0 Å². The lowest BCUT2D eigenvalue weighted by molar-refractivity contribution is 0.0118. The Kier molecular flexibility index (Phi) is 6.19. The van der Waals surface area contributed by atoms with E-state index in [1.807, 2.05) is 0 Å². The van der Waals surface area contributed by atoms with Gasteiger partial charge in [0.1, 0.15) is 14.2 Å². The maximum Gasteiger partial charge on any atom is 0.142 e. The third-order valence-electron chi connectivity index (χ3n) is 1.91. The van der Waals surface area contributed by atoms with Crippen LogP contribution in [0.4, 0.5) is 0 Å². The Bertz CT molecular complexity index is 232. The largest absolute Gasteiger partial charge is 0.389 e. The first kappa shape index (κ1) is 14.7. The smallest absolute Gasteiger partial charge is 0.142 e. The van der Waals surface area contributed by atoms with Crippen molar-refractivity contribution in [1.29, 1.82) is 0 Å². The van der Waals surface area contributed by atoms with Gasteiger partial charge in [-0.2, -0.15) is 0 Å². The quantitative estimate of drug-likeness (QED) is 0.591. The molecule has 0 saturated carbocycles. The highest BCUT2D eigenvalue weighted by Gasteiger charge is 2.18. The van der Waals surface area contributed by atoms with E-state index in [4.69, 9.17) is 4.74 Å². The van der Waals surface area contributed by atoms with Gasteiger partial charge in [-0.1, -0.05) is 39.4 Å². The molecule has 0 unspecified atom stereocenters. The number of aliphatic hydroxyl groups excluding tert-OH is 1. The Morgan fingerprint density at radius 2 is 1.80 bits per heavy atom. The molecular weight excluding hydrogens is 204 g/mol. The summed E-state index contributed by atoms with van der Waals surface area (Å²) in [4.78, 5) is 0. The summed E-state index contributed by atoms with van der Waals surface area (Å²) >= 11 is 0. The Labute approximate surface area is 95.0 Å². The van der Waals surface area contributed by atoms with Crippen molar-refractivity contribution >= 4 is 8.07 Å². The number of hydrogen-bond acceptors (Lipinski definition) is 2. The first-order valence-electron chi connectivity index (χ1n) is 5.50. The van der Waals surface area contributed by atoms with Crippen LogP contribution < -0.4 is 0 Å². The Morgan fingerprint density at radius 3 is 2.13 bits per heavy atom. The zero-order chi connectivity index (χ0) is 12.1. The lowest BCUT2D eigenvalue weighted by Crippen LogP contribution is -2.29. The standard InChI is InChI=1S/C12H24O2Si/c1-10(2)9-11(13)12(14-3)7-8-15(4,5)6/h10-13H,9H2,1-6H3/t11-,12+/m0/s1. The highest BCUT2D eigenvalue weighted by atomic mass is 28.3. The van der Waals surface area contributed by atoms with E-state index in [1.54, 1.807) is 7.11 Å². The first-order valence-corrected chi connectivity index (χ1v) is 9.00. The summed E-state index contributed by atoms with van der Waals surface area (Å²) < 4.78 is 5.21. The molecule has 0 spiro atoms. The number of ether oxygens (including phenoxy) is 1. The number of aliphatic hydroxyl groups is 1. The summed E-state index contributed by atoms with van der Waals surface area (Å²) in [5.41, 5.74) is 3.23. The van der Waals surface area contributed by atoms with Crippen molar-refractivity contribution in [2.45, 2.75) is 52.1 Å². The summed E-state index contributed by atoms with van der Waals surface area (Å²) in [7, 11) is 0.230. The summed E-state index contributed by atoms with van der Waals surface area (Å²) in [6, 6.07) is 0. The van der Waals surface area contributed by atoms with E-state index >= 15 is 0 Å². The molecule has 0 fully saturated rings. The molecule has 2 atom stereocenters. The van der Waals surface area contributed by atoms with E-state index in [0.29, 0.717) is 5.92 Å². The van der Waals surface area contributed by atoms with Crippen molar-refractivity contribution in [2.75, 3.05) is 7.11 Å². The minimum Gasteiger partial charge on any atom is -0.389 e. The van der Waals surface area contributed by atoms with E-state index in [2.05, 4.69) is 45.0 Å². The van der Waals surface area contributed by atoms with Crippen LogP contribution in [-0.4, -0.2) is 32.5 Å². The zero-order valence-electron chi connectivity index (χ0n) is 10.8. The van der Waals surface area contributed by atoms with Crippen molar-refractivity contribution in [3.05, 3.63) is 0 Å². The van der Waals surface area contributed by atoms with Crippen LogP contribution in [0.25, 0.3) is 0 Å². The molecule has 0 bridgehead atoms. The maximum absolute atomic E-state index is 9.86. The fourth-order valence-electron chi connectivity index (χ4n) is 1.21. The van der Waals surface area contributed by atoms with Crippen molar-refractivity contribution in [3.8, 4) is 11.5 Å². The summed E-state index contributed by atoms with van der Waals surface area (Å²) in [6.45, 7) is 10.7. The molecule has 0 aliphatic heterocycles. The van der Waals surface area contributed by atoms with Gasteiger partial charge in [0.2, 0.25) is 0 Å². The summed E-state index contributed by atoms with van der Waals surface area (Å²) in [6.07, 6.45) is -0.0724. The van der Waals surface area contributed by atoms with E-state index in [9.17, 15) is 5.11 Å². The van der Waals surface area contributed by atoms with Crippen LogP contribution in [0.5, 0.6) is 0 Å². The molecule has 0 heterocycles. The van der Waals surface area contributed by atoms with Crippen molar-refractivity contribution in [1.82, 2.24) is 0 Å². The number of methoxy groups -OCH3 is 1. The fourth-order valence-corrected chi connectivity index (χ4v) is 1.78. The summed E-state index contributed by atoms with van der Waals surface area (Å²) in [5.74, 6) is 3.52. The molecule has 0 radical (unpaired) electrons. The highest BCUT2D eigenvalue weighted by Crippen LogP contribution is 2.10. The molecule has 1 N–H and O–H groups in total. The Hall–Kier alpha value is -0.303. The zero-order valence-corrected chi connectivity index (χ0v) is 11.8. The van der Waals surface area contributed by atoms with Crippen LogP contribution in [0.1, 0.15) is 20.3 Å². The maximum atomic E-state index is 9.86. The molecule has 15 heavy (non-hydrogen) atoms. The average Bonchev–Trinajstić information content (AvgIpc) is 2.01. The van der Waals surface area contributed by atoms with Crippen LogP contribution in [0.15, 0.2) is 0 Å². The second-order valence-electron chi connectivity index (χ2n) is 5.37. The van der Waals surface area contributed by atoms with Gasteiger partial charge in [-0.3, -0.25) is 0 Å². The van der Waals surface area contributed by atoms with Crippen LogP contribution in [0.2, 0.25) is 19.6 Å². The van der Waals surface area contributed by atoms with Gasteiger partial charge < -0.3 is 9.84 Å². The third kappa shape index (κ3) is 7.61. The molecule has 0 aliphatic carbocycles. The molecule has 0 aliphatic rings. The van der Waals surface area contributed by atoms with E-state index in [0.717, 1.165) is 6.42 Å². The SMILES string of the molecule is CO[C@H](C#C[Si](C)(C)C)[C@@H](O)CC(C)C. The first-order chi connectivity index (χ1) is 6.76. The van der Waals surface area contributed by atoms with E-state index in [-0.39, 0.29) is 6.10 Å². The molecule has 2 nitrogen and oxygen atoms in total. The van der Waals surface area contributed by atoms with Crippen LogP contribution in [0.3, 0.4) is 0 Å². The van der Waals surface area contributed by atoms with Gasteiger partial charge in [-0.25, -0.2) is 0 Å².